The number of rotatable bonds is 7. The number of hydrogen-bond donors (Lipinski definition) is 2. The molecule has 1 aromatic rings. The molecule has 1 saturated carbocycles. The minimum Gasteiger partial charge on any atom is -0.377 e. The summed E-state index contributed by atoms with van der Waals surface area (Å²) < 4.78 is 0. The molecule has 0 bridgehead atoms. The van der Waals surface area contributed by atoms with Crippen LogP contribution in [0.5, 0.6) is 0 Å². The third kappa shape index (κ3) is 4.18. The van der Waals surface area contributed by atoms with Crippen LogP contribution in [-0.2, 0) is 4.79 Å². The van der Waals surface area contributed by atoms with Crippen LogP contribution in [0.1, 0.15) is 37.0 Å². The number of nitrogens with one attached hydrogen (secondary N) is 1. The standard InChI is InChI=1S/C15H20N4O4/c1-9(2)18(8-14(16)20)15(21)10-3-6-12(17-11-4-5-11)13(7-10)19(22)23/h3,6-7,9,11,17H,4-5,8H2,1-2H3,(H2,16,20). The Morgan fingerprint density at radius 2 is 2.09 bits per heavy atom. The van der Waals surface area contributed by atoms with E-state index in [1.165, 1.54) is 23.1 Å². The number of hydrogen-bond acceptors (Lipinski definition) is 5. The van der Waals surface area contributed by atoms with E-state index in [1.807, 2.05) is 0 Å². The van der Waals surface area contributed by atoms with Crippen molar-refractivity contribution in [1.29, 1.82) is 0 Å². The van der Waals surface area contributed by atoms with Gasteiger partial charge in [0.05, 0.1) is 11.5 Å². The van der Waals surface area contributed by atoms with Crippen molar-refractivity contribution in [2.24, 2.45) is 5.73 Å². The number of nitro benzene ring substituents is 1. The highest BCUT2D eigenvalue weighted by Gasteiger charge is 2.27. The van der Waals surface area contributed by atoms with Crippen LogP contribution in [0.4, 0.5) is 11.4 Å². The quantitative estimate of drug-likeness (QED) is 0.583. The summed E-state index contributed by atoms with van der Waals surface area (Å²) in [4.78, 5) is 35.7. The van der Waals surface area contributed by atoms with Crippen molar-refractivity contribution in [2.45, 2.75) is 38.8 Å². The van der Waals surface area contributed by atoms with Crippen LogP contribution in [0.3, 0.4) is 0 Å². The predicted molar refractivity (Wildman–Crippen MR) is 85.1 cm³/mol. The molecular weight excluding hydrogens is 300 g/mol. The number of nitrogens with two attached hydrogens (primary N) is 1. The zero-order chi connectivity index (χ0) is 17.1. The molecule has 0 aromatic heterocycles. The summed E-state index contributed by atoms with van der Waals surface area (Å²) in [5.74, 6) is -1.09. The molecule has 0 spiro atoms. The van der Waals surface area contributed by atoms with Crippen molar-refractivity contribution < 1.29 is 14.5 Å². The summed E-state index contributed by atoms with van der Waals surface area (Å²) in [6.07, 6.45) is 1.97. The second kappa shape index (κ2) is 6.64. The van der Waals surface area contributed by atoms with E-state index in [1.54, 1.807) is 13.8 Å². The van der Waals surface area contributed by atoms with Gasteiger partial charge in [-0.25, -0.2) is 0 Å². The summed E-state index contributed by atoms with van der Waals surface area (Å²) in [7, 11) is 0. The number of nitro groups is 1. The number of benzene rings is 1. The first-order chi connectivity index (χ1) is 10.8. The normalized spacial score (nSPS) is 13.7. The second-order valence-corrected chi connectivity index (χ2v) is 5.90. The fourth-order valence-corrected chi connectivity index (χ4v) is 2.21. The number of carbonyl (C=O) groups excluding carboxylic acids is 2. The van der Waals surface area contributed by atoms with E-state index in [-0.39, 0.29) is 29.9 Å². The van der Waals surface area contributed by atoms with Crippen molar-refractivity contribution in [3.05, 3.63) is 33.9 Å². The average molecular weight is 320 g/mol. The first-order valence-corrected chi connectivity index (χ1v) is 7.44. The van der Waals surface area contributed by atoms with Crippen molar-refractivity contribution in [2.75, 3.05) is 11.9 Å². The van der Waals surface area contributed by atoms with E-state index >= 15 is 0 Å². The van der Waals surface area contributed by atoms with Crippen LogP contribution in [-0.4, -0.2) is 40.3 Å². The van der Waals surface area contributed by atoms with Gasteiger partial charge in [0.1, 0.15) is 5.69 Å². The molecule has 2 amide bonds. The van der Waals surface area contributed by atoms with Gasteiger partial charge in [0.2, 0.25) is 5.91 Å². The Kier molecular flexibility index (Phi) is 4.83. The van der Waals surface area contributed by atoms with Crippen LogP contribution in [0.25, 0.3) is 0 Å². The number of primary amides is 1. The molecule has 1 aliphatic carbocycles. The Morgan fingerprint density at radius 1 is 1.43 bits per heavy atom. The molecule has 124 valence electrons. The van der Waals surface area contributed by atoms with Crippen LogP contribution in [0, 0.1) is 10.1 Å². The Balaban J connectivity index is 2.30. The molecule has 8 heteroatoms. The van der Waals surface area contributed by atoms with Crippen LogP contribution < -0.4 is 11.1 Å². The molecular formula is C15H20N4O4. The topological polar surface area (TPSA) is 119 Å². The molecule has 8 nitrogen and oxygen atoms in total. The maximum absolute atomic E-state index is 12.5. The Morgan fingerprint density at radius 3 is 2.57 bits per heavy atom. The molecule has 3 N–H and O–H groups in total. The lowest BCUT2D eigenvalue weighted by molar-refractivity contribution is -0.384. The lowest BCUT2D eigenvalue weighted by Crippen LogP contribution is -2.42. The number of anilines is 1. The molecule has 0 unspecified atom stereocenters. The smallest absolute Gasteiger partial charge is 0.293 e. The highest BCUT2D eigenvalue weighted by Crippen LogP contribution is 2.31. The first-order valence-electron chi connectivity index (χ1n) is 7.44. The SMILES string of the molecule is CC(C)N(CC(N)=O)C(=O)c1ccc(NC2CC2)c([N+](=O)[O-])c1. The highest BCUT2D eigenvalue weighted by molar-refractivity contribution is 5.97. The van der Waals surface area contributed by atoms with E-state index in [0.29, 0.717) is 5.69 Å². The monoisotopic (exact) mass is 320 g/mol. The van der Waals surface area contributed by atoms with Crippen LogP contribution >= 0.6 is 0 Å². The van der Waals surface area contributed by atoms with E-state index in [4.69, 9.17) is 5.73 Å². The number of carbonyl (C=O) groups is 2. The molecule has 23 heavy (non-hydrogen) atoms. The van der Waals surface area contributed by atoms with Crippen LogP contribution in [0.2, 0.25) is 0 Å². The zero-order valence-electron chi connectivity index (χ0n) is 13.1. The summed E-state index contributed by atoms with van der Waals surface area (Å²) in [6, 6.07) is 4.31. The molecule has 0 saturated heterocycles. The molecule has 1 aromatic carbocycles. The van der Waals surface area contributed by atoms with Gasteiger partial charge in [-0.15, -0.1) is 0 Å². The minimum absolute atomic E-state index is 0.148. The number of nitrogens with zero attached hydrogens (tertiary/aromatic N) is 2. The van der Waals surface area contributed by atoms with E-state index < -0.39 is 16.7 Å². The van der Waals surface area contributed by atoms with Gasteiger partial charge < -0.3 is 16.0 Å². The molecule has 1 aliphatic rings. The lowest BCUT2D eigenvalue weighted by Gasteiger charge is -2.25. The van der Waals surface area contributed by atoms with Gasteiger partial charge in [-0.1, -0.05) is 0 Å². The van der Waals surface area contributed by atoms with Gasteiger partial charge >= 0.3 is 0 Å². The summed E-state index contributed by atoms with van der Waals surface area (Å²) >= 11 is 0. The molecule has 0 radical (unpaired) electrons. The third-order valence-corrected chi connectivity index (χ3v) is 3.59. The van der Waals surface area contributed by atoms with Crippen molar-refractivity contribution in [3.8, 4) is 0 Å². The maximum atomic E-state index is 12.5. The van der Waals surface area contributed by atoms with Crippen molar-refractivity contribution in [1.82, 2.24) is 4.90 Å². The van der Waals surface area contributed by atoms with E-state index in [2.05, 4.69) is 5.32 Å². The third-order valence-electron chi connectivity index (χ3n) is 3.59. The van der Waals surface area contributed by atoms with E-state index in [0.717, 1.165) is 12.8 Å². The molecule has 1 fully saturated rings. The molecule has 0 atom stereocenters. The lowest BCUT2D eigenvalue weighted by atomic mass is 10.1. The van der Waals surface area contributed by atoms with Gasteiger partial charge in [0.25, 0.3) is 11.6 Å². The second-order valence-electron chi connectivity index (χ2n) is 5.90. The van der Waals surface area contributed by atoms with Crippen molar-refractivity contribution in [3.63, 3.8) is 0 Å². The number of amides is 2. The maximum Gasteiger partial charge on any atom is 0.293 e. The summed E-state index contributed by atoms with van der Waals surface area (Å²) in [5.41, 5.74) is 5.58. The predicted octanol–water partition coefficient (Wildman–Crippen LogP) is 1.50. The van der Waals surface area contributed by atoms with Gasteiger partial charge in [0, 0.05) is 23.7 Å². The summed E-state index contributed by atoms with van der Waals surface area (Å²) in [6.45, 7) is 3.27. The summed E-state index contributed by atoms with van der Waals surface area (Å²) in [5, 5.41) is 14.3. The highest BCUT2D eigenvalue weighted by atomic mass is 16.6. The van der Waals surface area contributed by atoms with Crippen LogP contribution in [0.15, 0.2) is 18.2 Å². The van der Waals surface area contributed by atoms with Gasteiger partial charge in [0.15, 0.2) is 0 Å². The van der Waals surface area contributed by atoms with E-state index in [9.17, 15) is 19.7 Å². The fourth-order valence-electron chi connectivity index (χ4n) is 2.21. The molecule has 0 aliphatic heterocycles. The molecule has 0 heterocycles. The molecule has 2 rings (SSSR count). The van der Waals surface area contributed by atoms with Crippen molar-refractivity contribution >= 4 is 23.2 Å². The fraction of sp³-hybridized carbons (Fsp3) is 0.467. The minimum atomic E-state index is -0.631. The Bertz CT molecular complexity index is 640. The Hall–Kier alpha value is -2.64. The first kappa shape index (κ1) is 16.7. The van der Waals surface area contributed by atoms with Gasteiger partial charge in [-0.2, -0.15) is 0 Å². The largest absolute Gasteiger partial charge is 0.377 e. The average Bonchev–Trinajstić information content (AvgIpc) is 3.27. The zero-order valence-corrected chi connectivity index (χ0v) is 13.1. The van der Waals surface area contributed by atoms with Gasteiger partial charge in [-0.3, -0.25) is 19.7 Å². The Labute approximate surface area is 133 Å². The van der Waals surface area contributed by atoms with Gasteiger partial charge in [-0.05, 0) is 38.8 Å².